The van der Waals surface area contributed by atoms with E-state index >= 15 is 0 Å². The highest BCUT2D eigenvalue weighted by Crippen LogP contribution is 2.29. The summed E-state index contributed by atoms with van der Waals surface area (Å²) in [6, 6.07) is -1.52. The molecule has 10 aliphatic heterocycles. The maximum atomic E-state index is 10.8. The third-order valence-electron chi connectivity index (χ3n) is 22.3. The molecule has 10 heterocycles. The smallest absolute Gasteiger partial charge is 0.306 e. The topological polar surface area (TPSA) is 835 Å². The van der Waals surface area contributed by atoms with Crippen LogP contribution in [0.5, 0.6) is 0 Å². The van der Waals surface area contributed by atoms with Crippen molar-refractivity contribution >= 4 is 23.7 Å². The number of nitrogens with two attached hydrogens (primary N) is 2. The van der Waals surface area contributed by atoms with E-state index in [4.69, 9.17) is 84.4 Å². The van der Waals surface area contributed by atoms with Crippen LogP contribution in [0.2, 0.25) is 0 Å². The van der Waals surface area contributed by atoms with E-state index in [2.05, 4.69) is 16.0 Å². The first-order chi connectivity index (χ1) is 57.7. The number of hydrogen-bond acceptors (Lipinski definition) is 44. The van der Waals surface area contributed by atoms with E-state index in [-0.39, 0.29) is 112 Å². The fourth-order valence-corrected chi connectivity index (χ4v) is 14.3. The summed E-state index contributed by atoms with van der Waals surface area (Å²) in [5.74, 6) is -1.73. The van der Waals surface area contributed by atoms with Gasteiger partial charge in [0.15, 0.2) is 0 Å². The Hall–Kier alpha value is -3.72. The van der Waals surface area contributed by atoms with E-state index in [1.165, 1.54) is 27.7 Å². The van der Waals surface area contributed by atoms with Crippen LogP contribution in [0, 0.1) is 0 Å². The summed E-state index contributed by atoms with van der Waals surface area (Å²) in [7, 11) is 0. The lowest BCUT2D eigenvalue weighted by Gasteiger charge is -2.40. The molecule has 0 aromatic rings. The lowest BCUT2D eigenvalue weighted by Crippen LogP contribution is -2.62. The number of aliphatic hydroxyl groups is 28. The normalized spacial score (nSPS) is 46.3. The van der Waals surface area contributed by atoms with Crippen LogP contribution in [0.3, 0.4) is 0 Å². The van der Waals surface area contributed by atoms with Gasteiger partial charge in [0.2, 0.25) is 17.7 Å². The Kier molecular flexibility index (Phi) is 54.4. The van der Waals surface area contributed by atoms with E-state index in [1.54, 1.807) is 62.3 Å². The van der Waals surface area contributed by atoms with Crippen molar-refractivity contribution in [3.05, 3.63) is 0 Å². The highest BCUT2D eigenvalue weighted by Gasteiger charge is 2.49. The minimum Gasteiger partial charge on any atom is -0.481 e. The zero-order valence-electron chi connectivity index (χ0n) is 73.7. The van der Waals surface area contributed by atoms with Gasteiger partial charge >= 0.3 is 5.97 Å². The minimum atomic E-state index is -1.36. The van der Waals surface area contributed by atoms with Gasteiger partial charge in [-0.1, -0.05) is 0 Å². The van der Waals surface area contributed by atoms with Crippen molar-refractivity contribution in [1.29, 1.82) is 0 Å². The molecule has 0 aromatic heterocycles. The number of carbonyl (C=O) groups excluding carboxylic acids is 3. The molecule has 46 unspecified atom stereocenters. The summed E-state index contributed by atoms with van der Waals surface area (Å²) in [5, 5.41) is 275. The van der Waals surface area contributed by atoms with Crippen LogP contribution in [0.15, 0.2) is 0 Å². The Morgan fingerprint density at radius 1 is 0.272 bits per heavy atom. The zero-order valence-corrected chi connectivity index (χ0v) is 73.7. The van der Waals surface area contributed by atoms with Crippen molar-refractivity contribution in [2.75, 3.05) is 33.0 Å². The van der Waals surface area contributed by atoms with Gasteiger partial charge in [-0.15, -0.1) is 0 Å². The third-order valence-corrected chi connectivity index (χ3v) is 22.3. The number of aliphatic hydroxyl groups excluding tert-OH is 28. The predicted octanol–water partition coefficient (Wildman–Crippen LogP) is -14.5. The summed E-state index contributed by atoms with van der Waals surface area (Å²) in [6.45, 7) is 26.7. The summed E-state index contributed by atoms with van der Waals surface area (Å²) in [4.78, 5) is 42.7. The van der Waals surface area contributed by atoms with Crippen molar-refractivity contribution in [2.45, 2.75) is 430 Å². The number of amides is 3. The Labute approximate surface area is 726 Å². The lowest BCUT2D eigenvalue weighted by molar-refractivity contribution is -0.224. The van der Waals surface area contributed by atoms with E-state index in [1.807, 2.05) is 27.7 Å². The van der Waals surface area contributed by atoms with Gasteiger partial charge in [0.05, 0.1) is 161 Å². The SMILES string of the molecule is CC(=O)NC1C(O)C(C)OC(C)C1O.CC(=O)NC1CC(C)OC(C)C1O.CC(=O)NCC1OC(C)C(O)C(O)C1O.CC1CC(N)C(O)C(C)O1.CC1OC(C)C(O)C(N)C1O.CC1OC(CC(=O)O)C(O)C(O)C1O.CC1OC(CO)C(O)C(O)C1O.CC1OC(CO)C(O)C(O)C1O.CC1OC(CO)C(O)C(O)C1O.CC1OC(CO)C(O)C(O)C1O. The molecule has 0 saturated carbocycles. The number of carbonyl (C=O) groups is 4. The fraction of sp³-hybridized carbons (Fsp3) is 0.948. The summed E-state index contributed by atoms with van der Waals surface area (Å²) in [5.41, 5.74) is 11.2. The van der Waals surface area contributed by atoms with Crippen LogP contribution in [-0.4, -0.2) is 497 Å². The average molecular weight is 1840 g/mol. The maximum absolute atomic E-state index is 10.8. The molecule has 48 nitrogen and oxygen atoms in total. The molecule has 10 aliphatic rings. The molecule has 0 radical (unpaired) electrons. The molecular weight excluding hydrogens is 1680 g/mol. The lowest BCUT2D eigenvalue weighted by atomic mass is 9.94. The molecule has 125 heavy (non-hydrogen) atoms. The Morgan fingerprint density at radius 2 is 0.512 bits per heavy atom. The Morgan fingerprint density at radius 3 is 0.784 bits per heavy atom. The molecule has 48 heteroatoms. The van der Waals surface area contributed by atoms with E-state index in [0.717, 1.165) is 6.42 Å². The number of nitrogens with one attached hydrogen (secondary N) is 3. The van der Waals surface area contributed by atoms with Gasteiger partial charge in [-0.25, -0.2) is 0 Å². The van der Waals surface area contributed by atoms with Crippen LogP contribution in [-0.2, 0) is 66.5 Å². The fourth-order valence-electron chi connectivity index (χ4n) is 14.3. The van der Waals surface area contributed by atoms with Crippen molar-refractivity contribution < 1.29 is 215 Å². The van der Waals surface area contributed by atoms with Gasteiger partial charge in [-0.05, 0) is 110 Å². The molecule has 10 fully saturated rings. The van der Waals surface area contributed by atoms with Gasteiger partial charge in [0, 0.05) is 33.4 Å². The molecule has 0 aromatic carbocycles. The van der Waals surface area contributed by atoms with Crippen LogP contribution in [0.25, 0.3) is 0 Å². The molecule has 10 rings (SSSR count). The molecule has 0 aliphatic carbocycles. The number of carboxylic acids is 1. The Balaban J connectivity index is 0.000000696. The number of aliphatic carboxylic acids is 1. The van der Waals surface area contributed by atoms with Crippen molar-refractivity contribution in [2.24, 2.45) is 11.5 Å². The van der Waals surface area contributed by atoms with Crippen LogP contribution < -0.4 is 27.4 Å². The first-order valence-electron chi connectivity index (χ1n) is 41.6. The van der Waals surface area contributed by atoms with Crippen LogP contribution in [0.1, 0.15) is 137 Å². The van der Waals surface area contributed by atoms with Crippen molar-refractivity contribution in [3.63, 3.8) is 0 Å². The second-order valence-corrected chi connectivity index (χ2v) is 33.0. The summed E-state index contributed by atoms with van der Waals surface area (Å²) in [6.07, 6.45) is -34.8. The van der Waals surface area contributed by atoms with Crippen molar-refractivity contribution in [3.8, 4) is 0 Å². The molecular formula is C77H151N5O43. The zero-order chi connectivity index (χ0) is 96.9. The number of hydrogen-bond donors (Lipinski definition) is 34. The predicted molar refractivity (Wildman–Crippen MR) is 430 cm³/mol. The van der Waals surface area contributed by atoms with Crippen LogP contribution >= 0.6 is 0 Å². The highest BCUT2D eigenvalue weighted by molar-refractivity contribution is 5.74. The first-order valence-corrected chi connectivity index (χ1v) is 41.6. The largest absolute Gasteiger partial charge is 0.481 e. The quantitative estimate of drug-likeness (QED) is 0.0966. The van der Waals surface area contributed by atoms with E-state index in [0.29, 0.717) is 6.42 Å². The molecule has 0 spiro atoms. The van der Waals surface area contributed by atoms with E-state index in [9.17, 15) is 142 Å². The van der Waals surface area contributed by atoms with Gasteiger partial charge in [-0.3, -0.25) is 19.2 Å². The second kappa shape index (κ2) is 57.0. The van der Waals surface area contributed by atoms with E-state index < -0.39 is 244 Å². The highest BCUT2D eigenvalue weighted by atomic mass is 16.6. The number of rotatable bonds is 10. The average Bonchev–Trinajstić information content (AvgIpc) is 0.819. The monoisotopic (exact) mass is 1830 g/mol. The number of ether oxygens (including phenoxy) is 10. The molecule has 0 bridgehead atoms. The molecule has 36 N–H and O–H groups in total. The molecule has 46 atom stereocenters. The molecule has 3 amide bonds. The van der Waals surface area contributed by atoms with Crippen molar-refractivity contribution in [1.82, 2.24) is 16.0 Å². The van der Waals surface area contributed by atoms with Gasteiger partial charge in [0.25, 0.3) is 0 Å². The summed E-state index contributed by atoms with van der Waals surface area (Å²) >= 11 is 0. The third kappa shape index (κ3) is 37.0. The second-order valence-electron chi connectivity index (χ2n) is 33.0. The first kappa shape index (κ1) is 119. The van der Waals surface area contributed by atoms with Gasteiger partial charge < -0.3 is 223 Å². The van der Waals surface area contributed by atoms with Crippen LogP contribution in [0.4, 0.5) is 0 Å². The molecule has 742 valence electrons. The van der Waals surface area contributed by atoms with Gasteiger partial charge in [-0.2, -0.15) is 0 Å². The maximum Gasteiger partial charge on any atom is 0.306 e. The van der Waals surface area contributed by atoms with Gasteiger partial charge in [0.1, 0.15) is 159 Å². The minimum absolute atomic E-state index is 0.0928. The standard InChI is InChI=1S/C9H17NO5.C9H17NO4.C9H17NO3.C8H14O6.C7H15NO3.C7H15NO2.4C7H14O5/c1-4-7(12)9(14)8(13)6(15-4)3-10-5(2)11;1-4-8(12)7(10-6(3)11)9(13)5(2)14-4;1-5-4-8(10-7(3)11)9(12)6(2)13-5;1-3-6(11)8(13)7(12)4(14-3)2-5(9)10;1-3-6(9)5(8)7(10)4(2)11-3;1-4-3-6(8)7(9)5(2)10-4;4*1-3-5(9)7(11)6(10)4(2-8)12-3/h4,6-9,12-14H,3H2,1-2H3,(H,10,11);4-5,7-9,12-13H,1-3H3,(H,10,11);5-6,8-9,12H,4H2,1-3H3,(H,10,11);3-4,6-8,11-13H,2H2,1H3,(H,9,10);3-7,9-10H,8H2,1-2H3;4-7,9H,3,8H2,1-2H3;4*3-11H,2H2,1H3. The molecule has 10 saturated heterocycles. The summed E-state index contributed by atoms with van der Waals surface area (Å²) < 4.78 is 51.6. The number of carboxylic acid groups (broad SMARTS) is 1. The Bertz CT molecular complexity index is 2790.